The lowest BCUT2D eigenvalue weighted by Crippen LogP contribution is -2.00. The van der Waals surface area contributed by atoms with Gasteiger partial charge in [0.15, 0.2) is 11.5 Å². The number of benzene rings is 3. The molecule has 3 aromatic carbocycles. The lowest BCUT2D eigenvalue weighted by molar-refractivity contribution is -0.136. The first-order valence-electron chi connectivity index (χ1n) is 8.45. The maximum atomic E-state index is 10.9. The highest BCUT2D eigenvalue weighted by atomic mass is 16.5. The lowest BCUT2D eigenvalue weighted by Gasteiger charge is -2.11. The molecule has 0 bridgehead atoms. The van der Waals surface area contributed by atoms with Gasteiger partial charge in [0, 0.05) is 5.56 Å². The Morgan fingerprint density at radius 1 is 0.889 bits per heavy atom. The highest BCUT2D eigenvalue weighted by Crippen LogP contribution is 2.31. The molecule has 27 heavy (non-hydrogen) atoms. The number of rotatable bonds is 6. The molecule has 0 fully saturated rings. The summed E-state index contributed by atoms with van der Waals surface area (Å²) in [6, 6.07) is 24.0. The Bertz CT molecular complexity index is 968. The van der Waals surface area contributed by atoms with Crippen molar-refractivity contribution in [3.05, 3.63) is 90.0 Å². The molecule has 0 heterocycles. The highest BCUT2D eigenvalue weighted by molar-refractivity contribution is 5.70. The summed E-state index contributed by atoms with van der Waals surface area (Å²) in [5.41, 5.74) is 1.60. The number of carboxylic acids is 1. The minimum Gasteiger partial charge on any atom is -0.481 e. The molecule has 0 amide bonds. The molecule has 4 nitrogen and oxygen atoms in total. The number of ether oxygens (including phenoxy) is 2. The van der Waals surface area contributed by atoms with E-state index in [4.69, 9.17) is 14.6 Å². The van der Waals surface area contributed by atoms with Crippen LogP contribution in [0.25, 0.3) is 0 Å². The van der Waals surface area contributed by atoms with Gasteiger partial charge in [0.25, 0.3) is 0 Å². The van der Waals surface area contributed by atoms with E-state index in [1.165, 1.54) is 0 Å². The molecule has 0 saturated carbocycles. The molecule has 0 unspecified atom stereocenters. The molecular weight excluding hydrogens is 340 g/mol. The van der Waals surface area contributed by atoms with Crippen LogP contribution >= 0.6 is 0 Å². The predicted octanol–water partition coefficient (Wildman–Crippen LogP) is 4.54. The van der Waals surface area contributed by atoms with E-state index >= 15 is 0 Å². The SMILES string of the molecule is O=C(O)Cc1cccc(Oc2ccccc2OCC#Cc2ccccc2)c1. The van der Waals surface area contributed by atoms with Crippen LogP contribution < -0.4 is 9.47 Å². The van der Waals surface area contributed by atoms with Crippen LogP contribution in [0.4, 0.5) is 0 Å². The zero-order chi connectivity index (χ0) is 18.9. The summed E-state index contributed by atoms with van der Waals surface area (Å²) in [6.45, 7) is 0.230. The first-order valence-corrected chi connectivity index (χ1v) is 8.45. The predicted molar refractivity (Wildman–Crippen MR) is 103 cm³/mol. The van der Waals surface area contributed by atoms with Crippen LogP contribution in [0.3, 0.4) is 0 Å². The van der Waals surface area contributed by atoms with Crippen LogP contribution in [0, 0.1) is 11.8 Å². The molecule has 0 radical (unpaired) electrons. The van der Waals surface area contributed by atoms with Crippen molar-refractivity contribution in [1.29, 1.82) is 0 Å². The van der Waals surface area contributed by atoms with Crippen LogP contribution in [0.2, 0.25) is 0 Å². The minimum atomic E-state index is -0.882. The molecule has 0 atom stereocenters. The van der Waals surface area contributed by atoms with Crippen molar-refractivity contribution in [2.75, 3.05) is 6.61 Å². The van der Waals surface area contributed by atoms with E-state index in [1.54, 1.807) is 36.4 Å². The van der Waals surface area contributed by atoms with Gasteiger partial charge in [-0.15, -0.1) is 0 Å². The highest BCUT2D eigenvalue weighted by Gasteiger charge is 2.07. The quantitative estimate of drug-likeness (QED) is 0.658. The van der Waals surface area contributed by atoms with Crippen molar-refractivity contribution >= 4 is 5.97 Å². The summed E-state index contributed by atoms with van der Waals surface area (Å²) < 4.78 is 11.6. The second-order valence-electron chi connectivity index (χ2n) is 5.72. The number of para-hydroxylation sites is 2. The van der Waals surface area contributed by atoms with Crippen LogP contribution in [0.1, 0.15) is 11.1 Å². The van der Waals surface area contributed by atoms with Gasteiger partial charge in [0.1, 0.15) is 12.4 Å². The van der Waals surface area contributed by atoms with E-state index in [0.29, 0.717) is 22.8 Å². The summed E-state index contributed by atoms with van der Waals surface area (Å²) in [5, 5.41) is 8.92. The van der Waals surface area contributed by atoms with E-state index in [0.717, 1.165) is 5.56 Å². The average molecular weight is 358 g/mol. The van der Waals surface area contributed by atoms with Gasteiger partial charge in [-0.3, -0.25) is 4.79 Å². The number of carboxylic acid groups (broad SMARTS) is 1. The number of hydrogen-bond acceptors (Lipinski definition) is 3. The van der Waals surface area contributed by atoms with Gasteiger partial charge >= 0.3 is 5.97 Å². The minimum absolute atomic E-state index is 0.0512. The Labute approximate surface area is 158 Å². The first-order chi connectivity index (χ1) is 13.2. The van der Waals surface area contributed by atoms with E-state index in [2.05, 4.69) is 11.8 Å². The summed E-state index contributed by atoms with van der Waals surface area (Å²) >= 11 is 0. The third kappa shape index (κ3) is 5.65. The monoisotopic (exact) mass is 358 g/mol. The normalized spacial score (nSPS) is 9.78. The van der Waals surface area contributed by atoms with Gasteiger partial charge in [0.2, 0.25) is 0 Å². The van der Waals surface area contributed by atoms with E-state index in [-0.39, 0.29) is 13.0 Å². The fraction of sp³-hybridized carbons (Fsp3) is 0.0870. The van der Waals surface area contributed by atoms with E-state index in [1.807, 2.05) is 42.5 Å². The van der Waals surface area contributed by atoms with Crippen LogP contribution in [-0.2, 0) is 11.2 Å². The molecule has 0 spiro atoms. The molecule has 0 aliphatic carbocycles. The fourth-order valence-corrected chi connectivity index (χ4v) is 2.45. The van der Waals surface area contributed by atoms with Crippen LogP contribution in [-0.4, -0.2) is 17.7 Å². The molecule has 3 aromatic rings. The van der Waals surface area contributed by atoms with Crippen molar-refractivity contribution in [2.45, 2.75) is 6.42 Å². The third-order valence-electron chi connectivity index (χ3n) is 3.64. The Kier molecular flexibility index (Phi) is 6.11. The molecule has 4 heteroatoms. The molecule has 3 rings (SSSR count). The third-order valence-corrected chi connectivity index (χ3v) is 3.64. The average Bonchev–Trinajstić information content (AvgIpc) is 2.67. The van der Waals surface area contributed by atoms with Gasteiger partial charge < -0.3 is 14.6 Å². The second-order valence-corrected chi connectivity index (χ2v) is 5.72. The van der Waals surface area contributed by atoms with Gasteiger partial charge in [-0.25, -0.2) is 0 Å². The van der Waals surface area contributed by atoms with Gasteiger partial charge in [-0.1, -0.05) is 54.3 Å². The largest absolute Gasteiger partial charge is 0.481 e. The van der Waals surface area contributed by atoms with Gasteiger partial charge in [-0.05, 0) is 42.0 Å². The number of hydrogen-bond donors (Lipinski definition) is 1. The standard InChI is InChI=1S/C23H18O4/c24-23(25)17-19-10-6-12-20(16-19)27-22-14-5-4-13-21(22)26-15-7-11-18-8-2-1-3-9-18/h1-6,8-10,12-14,16H,15,17H2,(H,24,25). The topological polar surface area (TPSA) is 55.8 Å². The zero-order valence-electron chi connectivity index (χ0n) is 14.6. The van der Waals surface area contributed by atoms with E-state index < -0.39 is 5.97 Å². The second kappa shape index (κ2) is 9.12. The zero-order valence-corrected chi connectivity index (χ0v) is 14.6. The van der Waals surface area contributed by atoms with Crippen molar-refractivity contribution in [2.24, 2.45) is 0 Å². The molecule has 1 N–H and O–H groups in total. The van der Waals surface area contributed by atoms with Crippen LogP contribution in [0.5, 0.6) is 17.2 Å². The fourth-order valence-electron chi connectivity index (χ4n) is 2.45. The van der Waals surface area contributed by atoms with Gasteiger partial charge in [-0.2, -0.15) is 0 Å². The van der Waals surface area contributed by atoms with Crippen molar-refractivity contribution in [1.82, 2.24) is 0 Å². The molecule has 0 aliphatic rings. The van der Waals surface area contributed by atoms with Crippen molar-refractivity contribution < 1.29 is 19.4 Å². The first kappa shape index (κ1) is 18.1. The Morgan fingerprint density at radius 3 is 2.41 bits per heavy atom. The maximum Gasteiger partial charge on any atom is 0.307 e. The summed E-state index contributed by atoms with van der Waals surface area (Å²) in [7, 11) is 0. The molecular formula is C23H18O4. The van der Waals surface area contributed by atoms with Crippen molar-refractivity contribution in [3.8, 4) is 29.1 Å². The molecule has 0 saturated heterocycles. The van der Waals surface area contributed by atoms with Crippen molar-refractivity contribution in [3.63, 3.8) is 0 Å². The Balaban J connectivity index is 1.67. The Morgan fingerprint density at radius 2 is 1.63 bits per heavy atom. The van der Waals surface area contributed by atoms with Crippen LogP contribution in [0.15, 0.2) is 78.9 Å². The maximum absolute atomic E-state index is 10.9. The summed E-state index contributed by atoms with van der Waals surface area (Å²) in [4.78, 5) is 10.9. The number of carbonyl (C=O) groups is 1. The smallest absolute Gasteiger partial charge is 0.307 e. The van der Waals surface area contributed by atoms with E-state index in [9.17, 15) is 4.79 Å². The molecule has 0 aromatic heterocycles. The number of aliphatic carboxylic acids is 1. The lowest BCUT2D eigenvalue weighted by atomic mass is 10.1. The molecule has 0 aliphatic heterocycles. The molecule has 134 valence electrons. The summed E-state index contributed by atoms with van der Waals surface area (Å²) in [6.07, 6.45) is -0.0512. The van der Waals surface area contributed by atoms with Gasteiger partial charge in [0.05, 0.1) is 6.42 Å². The summed E-state index contributed by atoms with van der Waals surface area (Å²) in [5.74, 6) is 6.81. The Hall–Kier alpha value is -3.71.